The number of nitrogens with zero attached hydrogens (tertiary/aromatic N) is 1. The minimum absolute atomic E-state index is 0.148. The van der Waals surface area contributed by atoms with E-state index < -0.39 is 29.3 Å². The molecule has 2 atom stereocenters. The fourth-order valence-corrected chi connectivity index (χ4v) is 3.41. The standard InChI is InChI=1S/C20H18F3NO3/c1-11-10-24(7-6-15(11)20(26)27)19(25)13-4-2-12(3-5-13)14-8-16(21)18(23)17(22)9-14/h2-5,8-9,11,15H,6-7,10H2,1H3,(H,26,27). The number of carbonyl (C=O) groups is 2. The van der Waals surface area contributed by atoms with E-state index in [1.54, 1.807) is 11.8 Å². The monoisotopic (exact) mass is 377 g/mol. The lowest BCUT2D eigenvalue weighted by Crippen LogP contribution is -2.44. The van der Waals surface area contributed by atoms with Gasteiger partial charge in [0.15, 0.2) is 17.5 Å². The van der Waals surface area contributed by atoms with Crippen LogP contribution in [0, 0.1) is 29.3 Å². The van der Waals surface area contributed by atoms with Crippen molar-refractivity contribution in [2.45, 2.75) is 13.3 Å². The van der Waals surface area contributed by atoms with Crippen molar-refractivity contribution in [3.63, 3.8) is 0 Å². The summed E-state index contributed by atoms with van der Waals surface area (Å²) in [6, 6.07) is 7.93. The summed E-state index contributed by atoms with van der Waals surface area (Å²) >= 11 is 0. The second-order valence-corrected chi connectivity index (χ2v) is 6.79. The van der Waals surface area contributed by atoms with Gasteiger partial charge in [-0.1, -0.05) is 19.1 Å². The fraction of sp³-hybridized carbons (Fsp3) is 0.300. The zero-order valence-electron chi connectivity index (χ0n) is 14.6. The molecule has 1 aliphatic rings. The maximum absolute atomic E-state index is 13.4. The highest BCUT2D eigenvalue weighted by Crippen LogP contribution is 2.27. The molecular weight excluding hydrogens is 359 g/mol. The summed E-state index contributed by atoms with van der Waals surface area (Å²) in [6.45, 7) is 2.52. The molecule has 7 heteroatoms. The van der Waals surface area contributed by atoms with E-state index in [0.29, 0.717) is 30.6 Å². The molecule has 0 radical (unpaired) electrons. The Hall–Kier alpha value is -2.83. The number of carboxylic acids is 1. The van der Waals surface area contributed by atoms with Crippen LogP contribution in [0.3, 0.4) is 0 Å². The van der Waals surface area contributed by atoms with Gasteiger partial charge in [0.25, 0.3) is 5.91 Å². The summed E-state index contributed by atoms with van der Waals surface area (Å²) in [5.74, 6) is -5.76. The number of amides is 1. The number of likely N-dealkylation sites (tertiary alicyclic amines) is 1. The Morgan fingerprint density at radius 1 is 1.04 bits per heavy atom. The average molecular weight is 377 g/mol. The van der Waals surface area contributed by atoms with Gasteiger partial charge in [-0.15, -0.1) is 0 Å². The fourth-order valence-electron chi connectivity index (χ4n) is 3.41. The summed E-state index contributed by atoms with van der Waals surface area (Å²) in [4.78, 5) is 25.4. The SMILES string of the molecule is CC1CN(C(=O)c2ccc(-c3cc(F)c(F)c(F)c3)cc2)CCC1C(=O)O. The van der Waals surface area contributed by atoms with Gasteiger partial charge in [-0.05, 0) is 47.7 Å². The molecule has 1 fully saturated rings. The molecule has 142 valence electrons. The quantitative estimate of drug-likeness (QED) is 0.824. The van der Waals surface area contributed by atoms with E-state index in [0.717, 1.165) is 12.1 Å². The van der Waals surface area contributed by atoms with Crippen molar-refractivity contribution >= 4 is 11.9 Å². The van der Waals surface area contributed by atoms with Crippen LogP contribution in [0.5, 0.6) is 0 Å². The van der Waals surface area contributed by atoms with Crippen molar-refractivity contribution in [2.24, 2.45) is 11.8 Å². The number of carbonyl (C=O) groups excluding carboxylic acids is 1. The molecule has 1 N–H and O–H groups in total. The summed E-state index contributed by atoms with van der Waals surface area (Å²) in [6.07, 6.45) is 0.397. The molecule has 1 saturated heterocycles. The van der Waals surface area contributed by atoms with Gasteiger partial charge in [-0.25, -0.2) is 13.2 Å². The second-order valence-electron chi connectivity index (χ2n) is 6.79. The number of carboxylic acid groups (broad SMARTS) is 1. The van der Waals surface area contributed by atoms with E-state index in [2.05, 4.69) is 0 Å². The van der Waals surface area contributed by atoms with Crippen LogP contribution in [0.1, 0.15) is 23.7 Å². The Morgan fingerprint density at radius 3 is 2.15 bits per heavy atom. The zero-order chi connectivity index (χ0) is 19.7. The number of hydrogen-bond acceptors (Lipinski definition) is 2. The molecule has 27 heavy (non-hydrogen) atoms. The third kappa shape index (κ3) is 3.82. The summed E-state index contributed by atoms with van der Waals surface area (Å²) in [5, 5.41) is 9.17. The van der Waals surface area contributed by atoms with Gasteiger partial charge in [0.05, 0.1) is 5.92 Å². The van der Waals surface area contributed by atoms with Crippen LogP contribution in [0.4, 0.5) is 13.2 Å². The first-order valence-corrected chi connectivity index (χ1v) is 8.55. The molecule has 1 heterocycles. The normalized spacial score (nSPS) is 19.8. The van der Waals surface area contributed by atoms with E-state index in [-0.39, 0.29) is 17.4 Å². The lowest BCUT2D eigenvalue weighted by Gasteiger charge is -2.35. The Morgan fingerprint density at radius 2 is 1.63 bits per heavy atom. The van der Waals surface area contributed by atoms with Gasteiger partial charge in [0.2, 0.25) is 0 Å². The maximum Gasteiger partial charge on any atom is 0.306 e. The Labute approximate surface area is 154 Å². The number of rotatable bonds is 3. The summed E-state index contributed by atoms with van der Waals surface area (Å²) in [7, 11) is 0. The topological polar surface area (TPSA) is 57.6 Å². The lowest BCUT2D eigenvalue weighted by atomic mass is 9.87. The minimum atomic E-state index is -1.52. The third-order valence-corrected chi connectivity index (χ3v) is 4.96. The Kier molecular flexibility index (Phi) is 5.21. The van der Waals surface area contributed by atoms with Gasteiger partial charge in [-0.2, -0.15) is 0 Å². The predicted octanol–water partition coefficient (Wildman–Crippen LogP) is 3.95. The van der Waals surface area contributed by atoms with Crippen molar-refractivity contribution in [3.8, 4) is 11.1 Å². The molecule has 0 spiro atoms. The number of benzene rings is 2. The molecule has 2 unspecified atom stereocenters. The van der Waals surface area contributed by atoms with E-state index in [4.69, 9.17) is 5.11 Å². The number of aliphatic carboxylic acids is 1. The van der Waals surface area contributed by atoms with E-state index in [1.807, 2.05) is 0 Å². The van der Waals surface area contributed by atoms with Crippen LogP contribution >= 0.6 is 0 Å². The minimum Gasteiger partial charge on any atom is -0.481 e. The van der Waals surface area contributed by atoms with Crippen molar-refractivity contribution in [1.29, 1.82) is 0 Å². The predicted molar refractivity (Wildman–Crippen MR) is 92.6 cm³/mol. The second kappa shape index (κ2) is 7.42. The maximum atomic E-state index is 13.4. The van der Waals surface area contributed by atoms with Crippen LogP contribution in [-0.2, 0) is 4.79 Å². The third-order valence-electron chi connectivity index (χ3n) is 4.96. The van der Waals surface area contributed by atoms with Gasteiger partial charge >= 0.3 is 5.97 Å². The average Bonchev–Trinajstić information content (AvgIpc) is 2.65. The van der Waals surface area contributed by atoms with Gasteiger partial charge in [0.1, 0.15) is 0 Å². The summed E-state index contributed by atoms with van der Waals surface area (Å²) < 4.78 is 39.8. The highest BCUT2D eigenvalue weighted by atomic mass is 19.2. The molecular formula is C20H18F3NO3. The van der Waals surface area contributed by atoms with E-state index in [1.165, 1.54) is 24.3 Å². The van der Waals surface area contributed by atoms with E-state index >= 15 is 0 Å². The van der Waals surface area contributed by atoms with Gasteiger partial charge < -0.3 is 10.0 Å². The Balaban J connectivity index is 1.76. The summed E-state index contributed by atoms with van der Waals surface area (Å²) in [5.41, 5.74) is 1.01. The smallest absolute Gasteiger partial charge is 0.306 e. The van der Waals surface area contributed by atoms with E-state index in [9.17, 15) is 22.8 Å². The Bertz CT molecular complexity index is 860. The largest absolute Gasteiger partial charge is 0.481 e. The van der Waals surface area contributed by atoms with Crippen molar-refractivity contribution < 1.29 is 27.9 Å². The van der Waals surface area contributed by atoms with Crippen molar-refractivity contribution in [3.05, 3.63) is 59.4 Å². The zero-order valence-corrected chi connectivity index (χ0v) is 14.6. The molecule has 1 amide bonds. The van der Waals surface area contributed by atoms with Crippen LogP contribution in [0.25, 0.3) is 11.1 Å². The molecule has 4 nitrogen and oxygen atoms in total. The number of hydrogen-bond donors (Lipinski definition) is 1. The molecule has 0 bridgehead atoms. The molecule has 0 saturated carbocycles. The molecule has 2 aromatic carbocycles. The first kappa shape index (κ1) is 18.9. The molecule has 0 aliphatic carbocycles. The van der Waals surface area contributed by atoms with Crippen molar-refractivity contribution in [1.82, 2.24) is 4.90 Å². The molecule has 0 aromatic heterocycles. The first-order chi connectivity index (χ1) is 12.8. The van der Waals surface area contributed by atoms with Crippen LogP contribution in [0.15, 0.2) is 36.4 Å². The van der Waals surface area contributed by atoms with Crippen LogP contribution in [0.2, 0.25) is 0 Å². The van der Waals surface area contributed by atoms with Gasteiger partial charge in [0, 0.05) is 18.7 Å². The number of piperidine rings is 1. The van der Waals surface area contributed by atoms with Crippen molar-refractivity contribution in [2.75, 3.05) is 13.1 Å². The van der Waals surface area contributed by atoms with Gasteiger partial charge in [-0.3, -0.25) is 9.59 Å². The highest BCUT2D eigenvalue weighted by Gasteiger charge is 2.33. The first-order valence-electron chi connectivity index (χ1n) is 8.55. The van der Waals surface area contributed by atoms with Crippen LogP contribution < -0.4 is 0 Å². The molecule has 1 aliphatic heterocycles. The lowest BCUT2D eigenvalue weighted by molar-refractivity contribution is -0.145. The highest BCUT2D eigenvalue weighted by molar-refractivity contribution is 5.95. The molecule has 2 aromatic rings. The molecule has 3 rings (SSSR count). The number of halogens is 3. The van der Waals surface area contributed by atoms with Crippen LogP contribution in [-0.4, -0.2) is 35.0 Å².